The molecule has 0 amide bonds. The first-order chi connectivity index (χ1) is 10.3. The average Bonchev–Trinajstić information content (AvgIpc) is 2.88. The number of rotatable bonds is 3. The molecule has 0 saturated carbocycles. The molecule has 0 saturated heterocycles. The van der Waals surface area contributed by atoms with E-state index in [-0.39, 0.29) is 0 Å². The van der Waals surface area contributed by atoms with Crippen LogP contribution in [0.5, 0.6) is 0 Å². The molecule has 0 atom stereocenters. The largest absolute Gasteiger partial charge is 0.265 e. The highest BCUT2D eigenvalue weighted by atomic mass is 79.9. The van der Waals surface area contributed by atoms with Crippen LogP contribution in [-0.4, -0.2) is 26.1 Å². The number of hydrogen-bond acceptors (Lipinski definition) is 4. The van der Waals surface area contributed by atoms with Gasteiger partial charge in [0.25, 0.3) is 0 Å². The highest BCUT2D eigenvalue weighted by molar-refractivity contribution is 9.10. The molecule has 0 unspecified atom stereocenters. The third kappa shape index (κ3) is 2.98. The Morgan fingerprint density at radius 1 is 1.19 bits per heavy atom. The summed E-state index contributed by atoms with van der Waals surface area (Å²) in [5, 5.41) is 11.4. The zero-order valence-electron chi connectivity index (χ0n) is 10.8. The molecule has 0 radical (unpaired) electrons. The Morgan fingerprint density at radius 3 is 2.71 bits per heavy atom. The number of nitrogens with one attached hydrogen (secondary N) is 1. The zero-order chi connectivity index (χ0) is 14.7. The molecule has 104 valence electrons. The maximum Gasteiger partial charge on any atom is 0.216 e. The van der Waals surface area contributed by atoms with E-state index in [1.807, 2.05) is 36.4 Å². The van der Waals surface area contributed by atoms with E-state index in [4.69, 9.17) is 12.2 Å². The smallest absolute Gasteiger partial charge is 0.216 e. The van der Waals surface area contributed by atoms with E-state index in [0.717, 1.165) is 15.6 Å². The molecule has 0 aliphatic heterocycles. The summed E-state index contributed by atoms with van der Waals surface area (Å²) in [5.41, 5.74) is 1.85. The zero-order valence-corrected chi connectivity index (χ0v) is 13.2. The van der Waals surface area contributed by atoms with Crippen LogP contribution in [0.25, 0.3) is 11.4 Å². The van der Waals surface area contributed by atoms with E-state index in [9.17, 15) is 0 Å². The number of aromatic amines is 1. The maximum absolute atomic E-state index is 5.22. The molecular weight excluding hydrogens is 350 g/mol. The van der Waals surface area contributed by atoms with Gasteiger partial charge in [0, 0.05) is 28.0 Å². The number of halogens is 1. The molecule has 3 aromatic rings. The van der Waals surface area contributed by atoms with Crippen LogP contribution in [-0.2, 0) is 0 Å². The minimum absolute atomic E-state index is 0.435. The van der Waals surface area contributed by atoms with Gasteiger partial charge in [0.1, 0.15) is 0 Å². The van der Waals surface area contributed by atoms with Gasteiger partial charge in [-0.05, 0) is 30.4 Å². The normalized spacial score (nSPS) is 11.1. The Bertz CT molecular complexity index is 838. The van der Waals surface area contributed by atoms with Crippen LogP contribution in [0.2, 0.25) is 0 Å². The van der Waals surface area contributed by atoms with E-state index >= 15 is 0 Å². The van der Waals surface area contributed by atoms with Crippen molar-refractivity contribution in [3.8, 4) is 11.4 Å². The van der Waals surface area contributed by atoms with E-state index in [2.05, 4.69) is 36.2 Å². The highest BCUT2D eigenvalue weighted by Gasteiger charge is 2.07. The van der Waals surface area contributed by atoms with Crippen molar-refractivity contribution in [1.82, 2.24) is 19.9 Å². The van der Waals surface area contributed by atoms with Gasteiger partial charge in [0.2, 0.25) is 4.77 Å². The summed E-state index contributed by atoms with van der Waals surface area (Å²) in [4.78, 5) is 3.99. The standard InChI is InChI=1S/C14H10BrN5S/c15-12-4-2-1-3-11(12)9-17-20-13(18-19-14(20)21)10-5-7-16-8-6-10/h1-9H,(H,19,21)/b17-9+. The van der Waals surface area contributed by atoms with Crippen molar-refractivity contribution in [1.29, 1.82) is 0 Å². The van der Waals surface area contributed by atoms with Gasteiger partial charge in [-0.2, -0.15) is 14.9 Å². The summed E-state index contributed by atoms with van der Waals surface area (Å²) >= 11 is 8.71. The minimum Gasteiger partial charge on any atom is -0.265 e. The van der Waals surface area contributed by atoms with Crippen molar-refractivity contribution in [2.45, 2.75) is 0 Å². The van der Waals surface area contributed by atoms with Gasteiger partial charge in [-0.1, -0.05) is 34.1 Å². The van der Waals surface area contributed by atoms with Crippen molar-refractivity contribution >= 4 is 34.4 Å². The lowest BCUT2D eigenvalue weighted by molar-refractivity contribution is 0.871. The van der Waals surface area contributed by atoms with Gasteiger partial charge in [-0.25, -0.2) is 5.10 Å². The second kappa shape index (κ2) is 6.11. The lowest BCUT2D eigenvalue weighted by Gasteiger charge is -2.01. The number of benzene rings is 1. The topological polar surface area (TPSA) is 58.9 Å². The molecule has 7 heteroatoms. The molecular formula is C14H10BrN5S. The van der Waals surface area contributed by atoms with E-state index in [1.165, 1.54) is 0 Å². The molecule has 5 nitrogen and oxygen atoms in total. The van der Waals surface area contributed by atoms with Gasteiger partial charge in [0.05, 0.1) is 6.21 Å². The lowest BCUT2D eigenvalue weighted by atomic mass is 10.2. The third-order valence-corrected chi connectivity index (χ3v) is 3.79. The van der Waals surface area contributed by atoms with Gasteiger partial charge in [0.15, 0.2) is 5.82 Å². The number of nitrogens with zero attached hydrogens (tertiary/aromatic N) is 4. The Kier molecular flexibility index (Phi) is 4.03. The first-order valence-electron chi connectivity index (χ1n) is 6.12. The fourth-order valence-corrected chi connectivity index (χ4v) is 2.35. The van der Waals surface area contributed by atoms with Crippen LogP contribution in [0.4, 0.5) is 0 Å². The van der Waals surface area contributed by atoms with Gasteiger partial charge >= 0.3 is 0 Å². The molecule has 1 N–H and O–H groups in total. The SMILES string of the molecule is S=c1[nH]nc(-c2ccncc2)n1/N=C/c1ccccc1Br. The second-order valence-corrected chi connectivity index (χ2v) is 5.41. The number of hydrogen-bond donors (Lipinski definition) is 1. The lowest BCUT2D eigenvalue weighted by Crippen LogP contribution is -1.95. The predicted molar refractivity (Wildman–Crippen MR) is 87.8 cm³/mol. The molecule has 0 aliphatic rings. The summed E-state index contributed by atoms with van der Waals surface area (Å²) in [7, 11) is 0. The van der Waals surface area contributed by atoms with Gasteiger partial charge in [-0.3, -0.25) is 4.98 Å². The molecule has 2 aromatic heterocycles. The van der Waals surface area contributed by atoms with Crippen molar-refractivity contribution in [3.63, 3.8) is 0 Å². The van der Waals surface area contributed by atoms with Crippen LogP contribution in [0.3, 0.4) is 0 Å². The molecule has 3 rings (SSSR count). The molecule has 0 bridgehead atoms. The van der Waals surface area contributed by atoms with E-state index in [1.54, 1.807) is 23.3 Å². The van der Waals surface area contributed by atoms with Crippen LogP contribution in [0.1, 0.15) is 5.56 Å². The fourth-order valence-electron chi connectivity index (χ4n) is 1.79. The number of aromatic nitrogens is 4. The fraction of sp³-hybridized carbons (Fsp3) is 0. The monoisotopic (exact) mass is 359 g/mol. The second-order valence-electron chi connectivity index (χ2n) is 4.17. The Labute approximate surface area is 134 Å². The minimum atomic E-state index is 0.435. The van der Waals surface area contributed by atoms with Crippen molar-refractivity contribution in [3.05, 3.63) is 63.6 Å². The number of H-pyrrole nitrogens is 1. The van der Waals surface area contributed by atoms with Crippen molar-refractivity contribution in [2.75, 3.05) is 0 Å². The van der Waals surface area contributed by atoms with Crippen molar-refractivity contribution in [2.24, 2.45) is 5.10 Å². The van der Waals surface area contributed by atoms with Gasteiger partial charge in [-0.15, -0.1) is 0 Å². The quantitative estimate of drug-likeness (QED) is 0.573. The first kappa shape index (κ1) is 13.8. The molecule has 21 heavy (non-hydrogen) atoms. The molecule has 0 spiro atoms. The average molecular weight is 360 g/mol. The maximum atomic E-state index is 5.22. The molecule has 2 heterocycles. The highest BCUT2D eigenvalue weighted by Crippen LogP contribution is 2.17. The van der Waals surface area contributed by atoms with Crippen LogP contribution in [0, 0.1) is 4.77 Å². The Morgan fingerprint density at radius 2 is 1.95 bits per heavy atom. The van der Waals surface area contributed by atoms with Gasteiger partial charge < -0.3 is 0 Å². The summed E-state index contributed by atoms with van der Waals surface area (Å²) in [6.07, 6.45) is 5.14. The van der Waals surface area contributed by atoms with Crippen LogP contribution >= 0.6 is 28.1 Å². The van der Waals surface area contributed by atoms with Crippen molar-refractivity contribution < 1.29 is 0 Å². The summed E-state index contributed by atoms with van der Waals surface area (Å²) in [6.45, 7) is 0. The van der Waals surface area contributed by atoms with E-state index in [0.29, 0.717) is 10.6 Å². The summed E-state index contributed by atoms with van der Waals surface area (Å²) in [6, 6.07) is 11.5. The predicted octanol–water partition coefficient (Wildman–Crippen LogP) is 3.65. The van der Waals surface area contributed by atoms with Crippen LogP contribution < -0.4 is 0 Å². The first-order valence-corrected chi connectivity index (χ1v) is 7.32. The molecule has 0 aliphatic carbocycles. The van der Waals surface area contributed by atoms with E-state index < -0.39 is 0 Å². The molecule has 0 fully saturated rings. The number of pyridine rings is 1. The van der Waals surface area contributed by atoms with Crippen LogP contribution in [0.15, 0.2) is 58.4 Å². The molecule has 1 aromatic carbocycles. The third-order valence-electron chi connectivity index (χ3n) is 2.81. The summed E-state index contributed by atoms with van der Waals surface area (Å²) < 4.78 is 2.99. The summed E-state index contributed by atoms with van der Waals surface area (Å²) in [5.74, 6) is 0.644. The Hall–Kier alpha value is -2.12. The Balaban J connectivity index is 2.02.